The molecule has 126 valence electrons. The van der Waals surface area contributed by atoms with Gasteiger partial charge in [-0.25, -0.2) is 0 Å². The molecule has 1 heterocycles. The minimum Gasteiger partial charge on any atom is -0.353 e. The quantitative estimate of drug-likeness (QED) is 0.562. The van der Waals surface area contributed by atoms with Gasteiger partial charge in [0.25, 0.3) is 0 Å². The Labute approximate surface area is 146 Å². The fourth-order valence-corrected chi connectivity index (χ4v) is 3.23. The second kappa shape index (κ2) is 8.15. The summed E-state index contributed by atoms with van der Waals surface area (Å²) in [4.78, 5) is 11.8. The molecule has 0 spiro atoms. The van der Waals surface area contributed by atoms with Crippen LogP contribution < -0.4 is 5.32 Å². The zero-order valence-corrected chi connectivity index (χ0v) is 14.5. The number of allylic oxidation sites excluding steroid dienone is 1. The number of aryl methyl sites for hydroxylation is 2. The fourth-order valence-electron chi connectivity index (χ4n) is 2.45. The monoisotopic (exact) mass is 342 g/mol. The Bertz CT molecular complexity index is 694. The van der Waals surface area contributed by atoms with Crippen LogP contribution in [0.5, 0.6) is 0 Å². The number of nitrogens with one attached hydrogen (secondary N) is 1. The third-order valence-corrected chi connectivity index (χ3v) is 4.83. The first-order chi connectivity index (χ1) is 11.8. The van der Waals surface area contributed by atoms with Gasteiger partial charge < -0.3 is 9.88 Å². The molecule has 24 heavy (non-hydrogen) atoms. The lowest BCUT2D eigenvalue weighted by Gasteiger charge is -2.08. The van der Waals surface area contributed by atoms with E-state index in [1.807, 2.05) is 28.8 Å². The number of hydrogen-bond acceptors (Lipinski definition) is 4. The maximum Gasteiger partial charge on any atom is 0.230 e. The minimum absolute atomic E-state index is 0.0708. The number of benzene rings is 1. The van der Waals surface area contributed by atoms with Crippen molar-refractivity contribution >= 4 is 17.7 Å². The SMILES string of the molecule is C=CCn1c(CCc2ccccc2)nnc1SCC(=O)NC1CC1. The van der Waals surface area contributed by atoms with E-state index < -0.39 is 0 Å². The molecule has 1 aliphatic rings. The average molecular weight is 342 g/mol. The molecule has 1 aliphatic carbocycles. The van der Waals surface area contributed by atoms with Crippen molar-refractivity contribution in [1.82, 2.24) is 20.1 Å². The van der Waals surface area contributed by atoms with Crippen LogP contribution in [0.4, 0.5) is 0 Å². The second-order valence-corrected chi connectivity index (χ2v) is 6.86. The van der Waals surface area contributed by atoms with Gasteiger partial charge in [-0.2, -0.15) is 0 Å². The molecule has 6 heteroatoms. The molecule has 0 unspecified atom stereocenters. The minimum atomic E-state index is 0.0708. The highest BCUT2D eigenvalue weighted by atomic mass is 32.2. The standard InChI is InChI=1S/C18H22N4OS/c1-2-12-22-16(11-8-14-6-4-3-5-7-14)20-21-18(22)24-13-17(23)19-15-9-10-15/h2-7,15H,1,8-13H2,(H,19,23). The third-order valence-electron chi connectivity index (χ3n) is 3.86. The van der Waals surface area contributed by atoms with E-state index >= 15 is 0 Å². The first kappa shape index (κ1) is 16.8. The van der Waals surface area contributed by atoms with Gasteiger partial charge in [0.05, 0.1) is 5.75 Å². The molecule has 1 saturated carbocycles. The highest BCUT2D eigenvalue weighted by molar-refractivity contribution is 7.99. The van der Waals surface area contributed by atoms with Crippen LogP contribution in [0, 0.1) is 0 Å². The van der Waals surface area contributed by atoms with E-state index in [1.54, 1.807) is 0 Å². The van der Waals surface area contributed by atoms with Gasteiger partial charge in [0.2, 0.25) is 5.91 Å². The molecular weight excluding hydrogens is 320 g/mol. The number of nitrogens with zero attached hydrogens (tertiary/aromatic N) is 3. The molecule has 1 fully saturated rings. The van der Waals surface area contributed by atoms with Crippen molar-refractivity contribution in [2.45, 2.75) is 43.4 Å². The summed E-state index contributed by atoms with van der Waals surface area (Å²) in [6, 6.07) is 10.7. The number of amides is 1. The molecule has 0 atom stereocenters. The predicted molar refractivity (Wildman–Crippen MR) is 96.0 cm³/mol. The van der Waals surface area contributed by atoms with E-state index in [1.165, 1.54) is 17.3 Å². The Balaban J connectivity index is 1.60. The van der Waals surface area contributed by atoms with Gasteiger partial charge in [0.1, 0.15) is 5.82 Å². The van der Waals surface area contributed by atoms with Gasteiger partial charge in [-0.15, -0.1) is 16.8 Å². The van der Waals surface area contributed by atoms with Gasteiger partial charge in [-0.1, -0.05) is 48.2 Å². The van der Waals surface area contributed by atoms with E-state index in [-0.39, 0.29) is 5.91 Å². The van der Waals surface area contributed by atoms with Crippen molar-refractivity contribution in [2.75, 3.05) is 5.75 Å². The summed E-state index contributed by atoms with van der Waals surface area (Å²) in [5, 5.41) is 12.3. The number of rotatable bonds is 9. The summed E-state index contributed by atoms with van der Waals surface area (Å²) >= 11 is 1.44. The topological polar surface area (TPSA) is 59.8 Å². The molecule has 0 saturated heterocycles. The van der Waals surface area contributed by atoms with Crippen molar-refractivity contribution in [3.8, 4) is 0 Å². The van der Waals surface area contributed by atoms with Crippen LogP contribution in [0.25, 0.3) is 0 Å². The Morgan fingerprint density at radius 1 is 1.29 bits per heavy atom. The molecular formula is C18H22N4OS. The molecule has 3 rings (SSSR count). The number of carbonyl (C=O) groups excluding carboxylic acids is 1. The van der Waals surface area contributed by atoms with E-state index in [0.717, 1.165) is 36.7 Å². The summed E-state index contributed by atoms with van der Waals surface area (Å²) in [6.45, 7) is 4.47. The fraction of sp³-hybridized carbons (Fsp3) is 0.389. The van der Waals surface area contributed by atoms with Crippen LogP contribution in [-0.4, -0.2) is 32.5 Å². The molecule has 5 nitrogen and oxygen atoms in total. The number of thioether (sulfide) groups is 1. The molecule has 2 aromatic rings. The lowest BCUT2D eigenvalue weighted by Crippen LogP contribution is -2.27. The van der Waals surface area contributed by atoms with Gasteiger partial charge in [-0.05, 0) is 24.8 Å². The van der Waals surface area contributed by atoms with Crippen LogP contribution in [0.3, 0.4) is 0 Å². The van der Waals surface area contributed by atoms with Crippen molar-refractivity contribution in [2.24, 2.45) is 0 Å². The summed E-state index contributed by atoms with van der Waals surface area (Å²) in [5.41, 5.74) is 1.28. The summed E-state index contributed by atoms with van der Waals surface area (Å²) in [5.74, 6) is 1.38. The van der Waals surface area contributed by atoms with Crippen LogP contribution in [-0.2, 0) is 24.2 Å². The molecule has 1 aromatic heterocycles. The Morgan fingerprint density at radius 3 is 2.79 bits per heavy atom. The Kier molecular flexibility index (Phi) is 5.69. The number of aromatic nitrogens is 3. The maximum atomic E-state index is 11.8. The van der Waals surface area contributed by atoms with Crippen molar-refractivity contribution in [3.05, 3.63) is 54.4 Å². The lowest BCUT2D eigenvalue weighted by molar-refractivity contribution is -0.118. The maximum absolute atomic E-state index is 11.8. The van der Waals surface area contributed by atoms with E-state index in [2.05, 4.69) is 34.2 Å². The van der Waals surface area contributed by atoms with Crippen molar-refractivity contribution in [1.29, 1.82) is 0 Å². The van der Waals surface area contributed by atoms with Gasteiger partial charge in [0, 0.05) is 19.0 Å². The molecule has 0 aliphatic heterocycles. The lowest BCUT2D eigenvalue weighted by atomic mass is 10.1. The first-order valence-corrected chi connectivity index (χ1v) is 9.24. The third kappa shape index (κ3) is 4.71. The molecule has 1 amide bonds. The van der Waals surface area contributed by atoms with Crippen LogP contribution in [0.2, 0.25) is 0 Å². The van der Waals surface area contributed by atoms with Crippen LogP contribution in [0.15, 0.2) is 48.1 Å². The Morgan fingerprint density at radius 2 is 2.08 bits per heavy atom. The zero-order valence-electron chi connectivity index (χ0n) is 13.6. The largest absolute Gasteiger partial charge is 0.353 e. The highest BCUT2D eigenvalue weighted by Gasteiger charge is 2.23. The highest BCUT2D eigenvalue weighted by Crippen LogP contribution is 2.21. The second-order valence-electron chi connectivity index (χ2n) is 5.91. The molecule has 0 radical (unpaired) electrons. The van der Waals surface area contributed by atoms with Gasteiger partial charge in [0.15, 0.2) is 5.16 Å². The van der Waals surface area contributed by atoms with Crippen molar-refractivity contribution < 1.29 is 4.79 Å². The number of carbonyl (C=O) groups is 1. The Hall–Kier alpha value is -2.08. The first-order valence-electron chi connectivity index (χ1n) is 8.25. The van der Waals surface area contributed by atoms with E-state index in [9.17, 15) is 4.79 Å². The van der Waals surface area contributed by atoms with E-state index in [0.29, 0.717) is 18.3 Å². The van der Waals surface area contributed by atoms with Crippen molar-refractivity contribution in [3.63, 3.8) is 0 Å². The van der Waals surface area contributed by atoms with Gasteiger partial charge >= 0.3 is 0 Å². The molecule has 0 bridgehead atoms. The summed E-state index contributed by atoms with van der Waals surface area (Å²) < 4.78 is 2.05. The molecule has 1 aromatic carbocycles. The zero-order chi connectivity index (χ0) is 16.8. The predicted octanol–water partition coefficient (Wildman–Crippen LogP) is 2.62. The smallest absolute Gasteiger partial charge is 0.230 e. The van der Waals surface area contributed by atoms with Gasteiger partial charge in [-0.3, -0.25) is 4.79 Å². The van der Waals surface area contributed by atoms with Crippen LogP contribution in [0.1, 0.15) is 24.2 Å². The van der Waals surface area contributed by atoms with Crippen LogP contribution >= 0.6 is 11.8 Å². The summed E-state index contributed by atoms with van der Waals surface area (Å²) in [7, 11) is 0. The normalized spacial score (nSPS) is 13.7. The summed E-state index contributed by atoms with van der Waals surface area (Å²) in [6.07, 6.45) is 5.78. The molecule has 1 N–H and O–H groups in total. The average Bonchev–Trinajstić information content (AvgIpc) is 3.33. The van der Waals surface area contributed by atoms with E-state index in [4.69, 9.17) is 0 Å². The number of hydrogen-bond donors (Lipinski definition) is 1.